The van der Waals surface area contributed by atoms with Crippen molar-refractivity contribution < 1.29 is 14.3 Å². The second-order valence-electron chi connectivity index (χ2n) is 1.71. The lowest BCUT2D eigenvalue weighted by atomic mass is 10.5. The van der Waals surface area contributed by atoms with Crippen LogP contribution in [0.1, 0.15) is 0 Å². The van der Waals surface area contributed by atoms with Gasteiger partial charge in [-0.05, 0) is 12.1 Å². The third-order valence-electron chi connectivity index (χ3n) is 0.996. The van der Waals surface area contributed by atoms with Crippen LogP contribution in [0.25, 0.3) is 0 Å². The molecule has 4 nitrogen and oxygen atoms in total. The van der Waals surface area contributed by atoms with Crippen molar-refractivity contribution in [1.82, 2.24) is 4.98 Å². The van der Waals surface area contributed by atoms with Crippen molar-refractivity contribution >= 4 is 6.47 Å². The van der Waals surface area contributed by atoms with Crippen LogP contribution < -0.4 is 4.74 Å². The van der Waals surface area contributed by atoms with Gasteiger partial charge in [0.25, 0.3) is 6.47 Å². The molecule has 0 unspecified atom stereocenters. The van der Waals surface area contributed by atoms with E-state index in [-0.39, 0.29) is 6.79 Å². The maximum atomic E-state index is 9.68. The van der Waals surface area contributed by atoms with Crippen molar-refractivity contribution in [2.24, 2.45) is 0 Å². The highest BCUT2D eigenvalue weighted by Crippen LogP contribution is 2.04. The van der Waals surface area contributed by atoms with E-state index < -0.39 is 0 Å². The fourth-order valence-corrected chi connectivity index (χ4v) is 0.562. The SMILES string of the molecule is O=COCOc1cccnc1. The topological polar surface area (TPSA) is 48.4 Å². The molecule has 0 saturated carbocycles. The van der Waals surface area contributed by atoms with Crippen LogP contribution in [0, 0.1) is 0 Å². The monoisotopic (exact) mass is 153 g/mol. The number of hydrogen-bond acceptors (Lipinski definition) is 4. The predicted octanol–water partition coefficient (Wildman–Crippen LogP) is 0.591. The van der Waals surface area contributed by atoms with Gasteiger partial charge in [0, 0.05) is 6.20 Å². The summed E-state index contributed by atoms with van der Waals surface area (Å²) in [6.07, 6.45) is 3.17. The molecule has 0 amide bonds. The highest BCUT2D eigenvalue weighted by atomic mass is 16.7. The minimum atomic E-state index is -0.0742. The zero-order valence-electron chi connectivity index (χ0n) is 5.77. The standard InChI is InChI=1S/C7H7NO3/c9-5-10-6-11-7-2-1-3-8-4-7/h1-5H,6H2. The van der Waals surface area contributed by atoms with Gasteiger partial charge in [-0.25, -0.2) is 0 Å². The normalized spacial score (nSPS) is 8.73. The summed E-state index contributed by atoms with van der Waals surface area (Å²) in [6, 6.07) is 3.46. The van der Waals surface area contributed by atoms with Crippen LogP contribution in [0.2, 0.25) is 0 Å². The molecular weight excluding hydrogens is 146 g/mol. The lowest BCUT2D eigenvalue weighted by Gasteiger charge is -2.01. The van der Waals surface area contributed by atoms with Gasteiger partial charge in [-0.3, -0.25) is 9.78 Å². The number of carbonyl (C=O) groups is 1. The first-order chi connectivity index (χ1) is 5.43. The largest absolute Gasteiger partial charge is 0.456 e. The second-order valence-corrected chi connectivity index (χ2v) is 1.71. The molecule has 58 valence electrons. The molecule has 1 aromatic rings. The molecule has 11 heavy (non-hydrogen) atoms. The molecule has 0 atom stereocenters. The van der Waals surface area contributed by atoms with Crippen LogP contribution in [-0.4, -0.2) is 18.2 Å². The maximum Gasteiger partial charge on any atom is 0.295 e. The van der Waals surface area contributed by atoms with Crippen molar-refractivity contribution in [3.63, 3.8) is 0 Å². The first kappa shape index (κ1) is 7.53. The van der Waals surface area contributed by atoms with Gasteiger partial charge in [-0.2, -0.15) is 0 Å². The first-order valence-electron chi connectivity index (χ1n) is 3.01. The minimum Gasteiger partial charge on any atom is -0.456 e. The van der Waals surface area contributed by atoms with Gasteiger partial charge in [-0.15, -0.1) is 0 Å². The fourth-order valence-electron chi connectivity index (χ4n) is 0.562. The molecule has 0 aromatic carbocycles. The molecule has 0 aliphatic heterocycles. The van der Waals surface area contributed by atoms with Crippen molar-refractivity contribution in [3.05, 3.63) is 24.5 Å². The summed E-state index contributed by atoms with van der Waals surface area (Å²) < 4.78 is 9.24. The zero-order chi connectivity index (χ0) is 7.94. The summed E-state index contributed by atoms with van der Waals surface area (Å²) in [5.74, 6) is 0.578. The number of ether oxygens (including phenoxy) is 2. The smallest absolute Gasteiger partial charge is 0.295 e. The number of nitrogens with zero attached hydrogens (tertiary/aromatic N) is 1. The number of carbonyl (C=O) groups excluding carboxylic acids is 1. The van der Waals surface area contributed by atoms with Crippen LogP contribution in [0.5, 0.6) is 5.75 Å². The Hall–Kier alpha value is -1.58. The van der Waals surface area contributed by atoms with E-state index in [4.69, 9.17) is 4.74 Å². The van der Waals surface area contributed by atoms with Crippen molar-refractivity contribution in [1.29, 1.82) is 0 Å². The van der Waals surface area contributed by atoms with E-state index in [0.29, 0.717) is 12.2 Å². The van der Waals surface area contributed by atoms with Crippen molar-refractivity contribution in [3.8, 4) is 5.75 Å². The molecule has 1 rings (SSSR count). The molecule has 0 radical (unpaired) electrons. The Morgan fingerprint density at radius 1 is 1.64 bits per heavy atom. The van der Waals surface area contributed by atoms with Crippen LogP contribution in [0.15, 0.2) is 24.5 Å². The van der Waals surface area contributed by atoms with E-state index in [0.717, 1.165) is 0 Å². The molecular formula is C7H7NO3. The van der Waals surface area contributed by atoms with Crippen LogP contribution in [0.4, 0.5) is 0 Å². The number of rotatable bonds is 4. The molecule has 0 fully saturated rings. The Bertz CT molecular complexity index is 212. The average molecular weight is 153 g/mol. The molecule has 1 aromatic heterocycles. The third kappa shape index (κ3) is 2.66. The second kappa shape index (κ2) is 4.27. The minimum absolute atomic E-state index is 0.0742. The molecule has 0 aliphatic carbocycles. The van der Waals surface area contributed by atoms with Gasteiger partial charge in [0.05, 0.1) is 6.20 Å². The Balaban J connectivity index is 2.33. The van der Waals surface area contributed by atoms with Gasteiger partial charge >= 0.3 is 0 Å². The summed E-state index contributed by atoms with van der Waals surface area (Å²) in [5.41, 5.74) is 0. The molecule has 0 aliphatic rings. The van der Waals surface area contributed by atoms with E-state index >= 15 is 0 Å². The molecule has 0 spiro atoms. The van der Waals surface area contributed by atoms with Crippen molar-refractivity contribution in [2.75, 3.05) is 6.79 Å². The van der Waals surface area contributed by atoms with E-state index in [1.807, 2.05) is 0 Å². The Kier molecular flexibility index (Phi) is 2.92. The number of pyridine rings is 1. The molecule has 0 bridgehead atoms. The Morgan fingerprint density at radius 2 is 2.55 bits per heavy atom. The van der Waals surface area contributed by atoms with E-state index in [1.54, 1.807) is 18.3 Å². The van der Waals surface area contributed by atoms with Crippen LogP contribution in [-0.2, 0) is 9.53 Å². The fraction of sp³-hybridized carbons (Fsp3) is 0.143. The molecule has 4 heteroatoms. The Morgan fingerprint density at radius 3 is 3.18 bits per heavy atom. The summed E-state index contributed by atoms with van der Waals surface area (Å²) in [6.45, 7) is 0.256. The maximum absolute atomic E-state index is 9.68. The summed E-state index contributed by atoms with van der Waals surface area (Å²) in [7, 11) is 0. The van der Waals surface area contributed by atoms with E-state index in [9.17, 15) is 4.79 Å². The lowest BCUT2D eigenvalue weighted by molar-refractivity contribution is -0.134. The summed E-state index contributed by atoms with van der Waals surface area (Å²) in [5, 5.41) is 0. The molecule has 0 N–H and O–H groups in total. The highest BCUT2D eigenvalue weighted by Gasteiger charge is 1.89. The summed E-state index contributed by atoms with van der Waals surface area (Å²) >= 11 is 0. The van der Waals surface area contributed by atoms with Crippen molar-refractivity contribution in [2.45, 2.75) is 0 Å². The lowest BCUT2D eigenvalue weighted by Crippen LogP contribution is -2.00. The quantitative estimate of drug-likeness (QED) is 0.361. The van der Waals surface area contributed by atoms with Gasteiger partial charge in [0.1, 0.15) is 5.75 Å². The van der Waals surface area contributed by atoms with Gasteiger partial charge < -0.3 is 9.47 Å². The third-order valence-corrected chi connectivity index (χ3v) is 0.996. The first-order valence-corrected chi connectivity index (χ1v) is 3.01. The van der Waals surface area contributed by atoms with Crippen LogP contribution >= 0.6 is 0 Å². The molecule has 0 saturated heterocycles. The Labute approximate surface area is 63.8 Å². The highest BCUT2D eigenvalue weighted by molar-refractivity contribution is 5.36. The van der Waals surface area contributed by atoms with Gasteiger partial charge in [0.15, 0.2) is 0 Å². The average Bonchev–Trinajstić information content (AvgIpc) is 2.07. The summed E-state index contributed by atoms with van der Waals surface area (Å²) in [4.78, 5) is 13.5. The predicted molar refractivity (Wildman–Crippen MR) is 36.9 cm³/mol. The van der Waals surface area contributed by atoms with Crippen LogP contribution in [0.3, 0.4) is 0 Å². The number of aromatic nitrogens is 1. The zero-order valence-corrected chi connectivity index (χ0v) is 5.77. The van der Waals surface area contributed by atoms with Gasteiger partial charge in [0.2, 0.25) is 6.79 Å². The van der Waals surface area contributed by atoms with E-state index in [1.165, 1.54) is 6.20 Å². The van der Waals surface area contributed by atoms with E-state index in [2.05, 4.69) is 9.72 Å². The van der Waals surface area contributed by atoms with Gasteiger partial charge in [-0.1, -0.05) is 0 Å². The molecule has 1 heterocycles. The number of hydrogen-bond donors (Lipinski definition) is 0.